The number of amides is 2. The summed E-state index contributed by atoms with van der Waals surface area (Å²) in [5.41, 5.74) is 0.978. The molecule has 0 aliphatic carbocycles. The van der Waals surface area contributed by atoms with E-state index in [-0.39, 0.29) is 34.6 Å². The molecule has 0 atom stereocenters. The number of alkyl halides is 3. The third-order valence-corrected chi connectivity index (χ3v) is 5.03. The molecule has 0 spiro atoms. The SMILES string of the molecule is O=C(Cc1cc(=O)[nH]c(SCC(=O)Nc2ccc(OC(F)(F)F)cc2)n1)NCc1ccccc1. The number of aromatic nitrogens is 2. The van der Waals surface area contributed by atoms with E-state index in [9.17, 15) is 27.6 Å². The topological polar surface area (TPSA) is 113 Å². The normalized spacial score (nSPS) is 11.0. The number of nitrogens with zero attached hydrogens (tertiary/aromatic N) is 1. The number of thioether (sulfide) groups is 1. The predicted molar refractivity (Wildman–Crippen MR) is 119 cm³/mol. The first-order valence-electron chi connectivity index (χ1n) is 9.85. The fourth-order valence-corrected chi connectivity index (χ4v) is 3.43. The number of carbonyl (C=O) groups excluding carboxylic acids is 2. The molecule has 2 amide bonds. The van der Waals surface area contributed by atoms with E-state index in [0.717, 1.165) is 29.5 Å². The van der Waals surface area contributed by atoms with E-state index in [0.29, 0.717) is 6.54 Å². The molecule has 178 valence electrons. The molecule has 0 fully saturated rings. The Balaban J connectivity index is 1.50. The molecule has 2 aromatic carbocycles. The van der Waals surface area contributed by atoms with Gasteiger partial charge in [0, 0.05) is 18.3 Å². The van der Waals surface area contributed by atoms with Gasteiger partial charge in [0.05, 0.1) is 17.9 Å². The van der Waals surface area contributed by atoms with E-state index < -0.39 is 23.6 Å². The first kappa shape index (κ1) is 24.8. The van der Waals surface area contributed by atoms with Gasteiger partial charge in [0.1, 0.15) is 5.75 Å². The zero-order chi connectivity index (χ0) is 24.6. The van der Waals surface area contributed by atoms with Gasteiger partial charge in [-0.15, -0.1) is 13.2 Å². The first-order valence-corrected chi connectivity index (χ1v) is 10.8. The van der Waals surface area contributed by atoms with Crippen molar-refractivity contribution in [3.63, 3.8) is 0 Å². The molecule has 8 nitrogen and oxygen atoms in total. The Hall–Kier alpha value is -3.80. The van der Waals surface area contributed by atoms with E-state index in [1.165, 1.54) is 18.2 Å². The van der Waals surface area contributed by atoms with Crippen molar-refractivity contribution in [2.24, 2.45) is 0 Å². The number of rotatable bonds is 9. The van der Waals surface area contributed by atoms with Crippen LogP contribution in [0, 0.1) is 0 Å². The highest BCUT2D eigenvalue weighted by Crippen LogP contribution is 2.24. The lowest BCUT2D eigenvalue weighted by atomic mass is 10.2. The molecule has 3 aromatic rings. The summed E-state index contributed by atoms with van der Waals surface area (Å²) in [7, 11) is 0. The number of H-pyrrole nitrogens is 1. The van der Waals surface area contributed by atoms with E-state index >= 15 is 0 Å². The Labute approximate surface area is 195 Å². The molecular weight excluding hydrogens is 473 g/mol. The van der Waals surface area contributed by atoms with Crippen LogP contribution in [0.2, 0.25) is 0 Å². The Kier molecular flexibility index (Phi) is 8.30. The molecule has 0 radical (unpaired) electrons. The van der Waals surface area contributed by atoms with Crippen LogP contribution in [-0.4, -0.2) is 33.9 Å². The van der Waals surface area contributed by atoms with Crippen LogP contribution < -0.4 is 20.9 Å². The molecule has 1 aromatic heterocycles. The van der Waals surface area contributed by atoms with Gasteiger partial charge < -0.3 is 20.4 Å². The summed E-state index contributed by atoms with van der Waals surface area (Å²) < 4.78 is 40.4. The summed E-state index contributed by atoms with van der Waals surface area (Å²) in [5.74, 6) is -1.32. The summed E-state index contributed by atoms with van der Waals surface area (Å²) in [4.78, 5) is 42.9. The van der Waals surface area contributed by atoms with Crippen LogP contribution in [0.1, 0.15) is 11.3 Å². The maximum absolute atomic E-state index is 12.2. The van der Waals surface area contributed by atoms with Gasteiger partial charge in [-0.1, -0.05) is 42.1 Å². The summed E-state index contributed by atoms with van der Waals surface area (Å²) in [6, 6.07) is 15.2. The molecule has 0 aliphatic rings. The minimum absolute atomic E-state index is 0.108. The lowest BCUT2D eigenvalue weighted by Gasteiger charge is -2.10. The smallest absolute Gasteiger partial charge is 0.406 e. The van der Waals surface area contributed by atoms with Gasteiger partial charge in [-0.3, -0.25) is 14.4 Å². The second-order valence-corrected chi connectivity index (χ2v) is 7.85. The minimum atomic E-state index is -4.80. The quantitative estimate of drug-likeness (QED) is 0.312. The predicted octanol–water partition coefficient (Wildman–Crippen LogP) is 3.26. The number of nitrogens with one attached hydrogen (secondary N) is 3. The highest BCUT2D eigenvalue weighted by Gasteiger charge is 2.30. The van der Waals surface area contributed by atoms with Crippen LogP contribution in [0.3, 0.4) is 0 Å². The minimum Gasteiger partial charge on any atom is -0.406 e. The summed E-state index contributed by atoms with van der Waals surface area (Å²) in [6.07, 6.45) is -4.91. The molecule has 0 bridgehead atoms. The van der Waals surface area contributed by atoms with Crippen LogP contribution in [0.5, 0.6) is 5.75 Å². The van der Waals surface area contributed by atoms with Crippen molar-refractivity contribution >= 4 is 29.3 Å². The maximum atomic E-state index is 12.2. The number of hydrogen-bond donors (Lipinski definition) is 3. The van der Waals surface area contributed by atoms with Gasteiger partial charge in [0.25, 0.3) is 5.56 Å². The van der Waals surface area contributed by atoms with Crippen molar-refractivity contribution in [3.05, 3.63) is 82.3 Å². The van der Waals surface area contributed by atoms with Crippen molar-refractivity contribution in [2.75, 3.05) is 11.1 Å². The summed E-state index contributed by atoms with van der Waals surface area (Å²) >= 11 is 0.941. The first-order chi connectivity index (χ1) is 16.2. The standard InChI is InChI=1S/C22H19F3N4O4S/c23-22(24,25)33-17-8-6-15(7-9-17)27-20(32)13-34-21-28-16(11-19(31)29-21)10-18(30)26-12-14-4-2-1-3-5-14/h1-9,11H,10,12-13H2,(H,26,30)(H,27,32)(H,28,29,31). The van der Waals surface area contributed by atoms with Gasteiger partial charge in [-0.2, -0.15) is 0 Å². The number of anilines is 1. The van der Waals surface area contributed by atoms with Crippen LogP contribution in [0.4, 0.5) is 18.9 Å². The van der Waals surface area contributed by atoms with Crippen LogP contribution in [0.25, 0.3) is 0 Å². The molecule has 0 saturated carbocycles. The van der Waals surface area contributed by atoms with Crippen LogP contribution in [0.15, 0.2) is 70.6 Å². The average Bonchev–Trinajstić information content (AvgIpc) is 2.77. The molecular formula is C22H19F3N4O4S. The zero-order valence-electron chi connectivity index (χ0n) is 17.5. The highest BCUT2D eigenvalue weighted by atomic mass is 32.2. The number of aromatic amines is 1. The summed E-state index contributed by atoms with van der Waals surface area (Å²) in [6.45, 7) is 0.341. The van der Waals surface area contributed by atoms with Crippen molar-refractivity contribution in [2.45, 2.75) is 24.5 Å². The number of hydrogen-bond acceptors (Lipinski definition) is 6. The molecule has 12 heteroatoms. The Morgan fingerprint density at radius 1 is 1.03 bits per heavy atom. The Morgan fingerprint density at radius 3 is 2.41 bits per heavy atom. The zero-order valence-corrected chi connectivity index (χ0v) is 18.3. The van der Waals surface area contributed by atoms with Gasteiger partial charge in [0.2, 0.25) is 11.8 Å². The maximum Gasteiger partial charge on any atom is 0.573 e. The highest BCUT2D eigenvalue weighted by molar-refractivity contribution is 7.99. The van der Waals surface area contributed by atoms with Crippen molar-refractivity contribution in [3.8, 4) is 5.75 Å². The molecule has 0 aliphatic heterocycles. The van der Waals surface area contributed by atoms with Crippen molar-refractivity contribution in [1.29, 1.82) is 0 Å². The fraction of sp³-hybridized carbons (Fsp3) is 0.182. The van der Waals surface area contributed by atoms with Crippen LogP contribution >= 0.6 is 11.8 Å². The lowest BCUT2D eigenvalue weighted by Crippen LogP contribution is -2.26. The van der Waals surface area contributed by atoms with Gasteiger partial charge in [0.15, 0.2) is 5.16 Å². The van der Waals surface area contributed by atoms with E-state index in [4.69, 9.17) is 0 Å². The van der Waals surface area contributed by atoms with E-state index in [1.54, 1.807) is 0 Å². The Bertz CT molecular complexity index is 1190. The Morgan fingerprint density at radius 2 is 1.74 bits per heavy atom. The molecule has 3 rings (SSSR count). The molecule has 0 saturated heterocycles. The average molecular weight is 492 g/mol. The van der Waals surface area contributed by atoms with E-state index in [1.807, 2.05) is 30.3 Å². The van der Waals surface area contributed by atoms with Crippen molar-refractivity contribution in [1.82, 2.24) is 15.3 Å². The van der Waals surface area contributed by atoms with Gasteiger partial charge in [-0.25, -0.2) is 4.98 Å². The molecule has 3 N–H and O–H groups in total. The second-order valence-electron chi connectivity index (χ2n) is 6.89. The molecule has 34 heavy (non-hydrogen) atoms. The largest absolute Gasteiger partial charge is 0.573 e. The lowest BCUT2D eigenvalue weighted by molar-refractivity contribution is -0.274. The molecule has 1 heterocycles. The summed E-state index contributed by atoms with van der Waals surface area (Å²) in [5, 5.41) is 5.42. The van der Waals surface area contributed by atoms with Crippen LogP contribution in [-0.2, 0) is 22.6 Å². The second kappa shape index (κ2) is 11.4. The number of carbonyl (C=O) groups is 2. The fourth-order valence-electron chi connectivity index (χ4n) is 2.74. The van der Waals surface area contributed by atoms with E-state index in [2.05, 4.69) is 25.3 Å². The van der Waals surface area contributed by atoms with Crippen molar-refractivity contribution < 1.29 is 27.5 Å². The number of ether oxygens (including phenoxy) is 1. The monoisotopic (exact) mass is 492 g/mol. The number of benzene rings is 2. The van der Waals surface area contributed by atoms with Gasteiger partial charge >= 0.3 is 6.36 Å². The van der Waals surface area contributed by atoms with Gasteiger partial charge in [-0.05, 0) is 29.8 Å². The third kappa shape index (κ3) is 8.62. The third-order valence-electron chi connectivity index (χ3n) is 4.16. The number of halogens is 3. The molecule has 0 unspecified atom stereocenters.